The van der Waals surface area contributed by atoms with Gasteiger partial charge in [-0.25, -0.2) is 0 Å². The van der Waals surface area contributed by atoms with Crippen LogP contribution in [0.4, 0.5) is 0 Å². The van der Waals surface area contributed by atoms with Gasteiger partial charge in [0, 0.05) is 6.61 Å². The first-order valence-electron chi connectivity index (χ1n) is 4.44. The molecule has 2 nitrogen and oxygen atoms in total. The average Bonchev–Trinajstić information content (AvgIpc) is 2.10. The molecule has 0 aromatic carbocycles. The van der Waals surface area contributed by atoms with Crippen molar-refractivity contribution in [2.45, 2.75) is 26.7 Å². The molecule has 0 aromatic heterocycles. The Morgan fingerprint density at radius 3 is 2.58 bits per heavy atom. The molecule has 0 atom stereocenters. The van der Waals surface area contributed by atoms with Crippen LogP contribution < -0.4 is 0 Å². The monoisotopic (exact) mass is 186 g/mol. The Morgan fingerprint density at radius 1 is 1.25 bits per heavy atom. The molecule has 0 N–H and O–H groups in total. The fourth-order valence-electron chi connectivity index (χ4n) is 0.572. The minimum atomic E-state index is 0.443. The zero-order chi connectivity index (χ0) is 9.23. The van der Waals surface area contributed by atoms with Gasteiger partial charge < -0.3 is 9.16 Å². The molecule has 0 bridgehead atoms. The Hall–Kier alpha value is -0.123. The van der Waals surface area contributed by atoms with Gasteiger partial charge in [0.15, 0.2) is 0 Å². The van der Waals surface area contributed by atoms with Crippen LogP contribution in [0.25, 0.3) is 0 Å². The Bertz CT molecular complexity index is 115. The Labute approximate surface area is 77.9 Å². The number of allylic oxidation sites excluding steroid dienone is 1. The molecule has 0 aliphatic rings. The fourth-order valence-corrected chi connectivity index (χ4v) is 1.11. The topological polar surface area (TPSA) is 18.5 Å². The van der Waals surface area contributed by atoms with Crippen molar-refractivity contribution in [2.75, 3.05) is 19.8 Å². The van der Waals surface area contributed by atoms with Gasteiger partial charge >= 0.3 is 0 Å². The Morgan fingerprint density at radius 2 is 2.00 bits per heavy atom. The van der Waals surface area contributed by atoms with Gasteiger partial charge in [-0.15, -0.1) is 6.58 Å². The van der Waals surface area contributed by atoms with Crippen LogP contribution in [0.5, 0.6) is 0 Å². The molecule has 2 radical (unpaired) electrons. The van der Waals surface area contributed by atoms with Crippen molar-refractivity contribution in [1.29, 1.82) is 0 Å². The van der Waals surface area contributed by atoms with E-state index in [1.54, 1.807) is 0 Å². The zero-order valence-electron chi connectivity index (χ0n) is 8.06. The molecule has 0 amide bonds. The maximum Gasteiger partial charge on any atom is 0.263 e. The predicted octanol–water partition coefficient (Wildman–Crippen LogP) is 1.97. The van der Waals surface area contributed by atoms with Crippen LogP contribution in [0, 0.1) is 0 Å². The Kier molecular flexibility index (Phi) is 8.88. The van der Waals surface area contributed by atoms with Crippen LogP contribution in [0.15, 0.2) is 11.8 Å². The lowest BCUT2D eigenvalue weighted by molar-refractivity contribution is 0.102. The summed E-state index contributed by atoms with van der Waals surface area (Å²) >= 11 is 0. The third-order valence-corrected chi connectivity index (χ3v) is 2.31. The molecule has 0 unspecified atom stereocenters. The second-order valence-corrected chi connectivity index (χ2v) is 3.72. The molecule has 0 aromatic rings. The lowest BCUT2D eigenvalue weighted by Gasteiger charge is -2.03. The average molecular weight is 186 g/mol. The van der Waals surface area contributed by atoms with Crippen LogP contribution in [0.2, 0.25) is 0 Å². The number of hydrogen-bond acceptors (Lipinski definition) is 2. The summed E-state index contributed by atoms with van der Waals surface area (Å²) < 4.78 is 10.6. The van der Waals surface area contributed by atoms with Gasteiger partial charge in [-0.05, 0) is 12.8 Å². The van der Waals surface area contributed by atoms with Gasteiger partial charge in [0.1, 0.15) is 0 Å². The van der Waals surface area contributed by atoms with Crippen LogP contribution in [0.3, 0.4) is 0 Å². The molecule has 0 saturated heterocycles. The summed E-state index contributed by atoms with van der Waals surface area (Å²) in [6, 6.07) is 0. The first kappa shape index (κ1) is 11.9. The van der Waals surface area contributed by atoms with Crippen molar-refractivity contribution in [3.05, 3.63) is 11.8 Å². The number of ether oxygens (including phenoxy) is 1. The van der Waals surface area contributed by atoms with E-state index in [0.29, 0.717) is 23.0 Å². The third kappa shape index (κ3) is 7.98. The van der Waals surface area contributed by atoms with E-state index in [4.69, 9.17) is 9.16 Å². The van der Waals surface area contributed by atoms with Crippen molar-refractivity contribution in [2.24, 2.45) is 0 Å². The highest BCUT2D eigenvalue weighted by molar-refractivity contribution is 6.37. The molecule has 12 heavy (non-hydrogen) atoms. The predicted molar refractivity (Wildman–Crippen MR) is 52.2 cm³/mol. The largest absolute Gasteiger partial charge is 0.409 e. The highest BCUT2D eigenvalue weighted by atomic mass is 28.2. The molecule has 0 spiro atoms. The number of rotatable bonds is 8. The maximum atomic E-state index is 5.34. The van der Waals surface area contributed by atoms with Crippen molar-refractivity contribution in [1.82, 2.24) is 0 Å². The summed E-state index contributed by atoms with van der Waals surface area (Å²) in [5.74, 6) is 0. The van der Waals surface area contributed by atoms with Crippen LogP contribution in [0.1, 0.15) is 26.7 Å². The standard InChI is InChI=1S/C9H18O2Si/c1-4-6-10-7-8-11-12-9(3)5-2/h3-8H2,1-2H3. The molecule has 0 rings (SSSR count). The van der Waals surface area contributed by atoms with Gasteiger partial charge in [0.05, 0.1) is 13.2 Å². The van der Waals surface area contributed by atoms with Crippen LogP contribution in [-0.4, -0.2) is 29.6 Å². The first-order chi connectivity index (χ1) is 5.81. The highest BCUT2D eigenvalue weighted by Crippen LogP contribution is 1.93. The molecule has 0 fully saturated rings. The maximum absolute atomic E-state index is 5.34. The second kappa shape index (κ2) is 8.97. The van der Waals surface area contributed by atoms with Gasteiger partial charge in [0.25, 0.3) is 9.76 Å². The second-order valence-electron chi connectivity index (χ2n) is 2.52. The summed E-state index contributed by atoms with van der Waals surface area (Å²) in [5, 5.41) is 1.17. The van der Waals surface area contributed by atoms with E-state index in [1.807, 2.05) is 0 Å². The van der Waals surface area contributed by atoms with Crippen LogP contribution in [-0.2, 0) is 9.16 Å². The van der Waals surface area contributed by atoms with E-state index in [-0.39, 0.29) is 0 Å². The summed E-state index contributed by atoms with van der Waals surface area (Å²) in [4.78, 5) is 0. The molecule has 70 valence electrons. The normalized spacial score (nSPS) is 10.2. The molecular weight excluding hydrogens is 168 g/mol. The Balaban J connectivity index is 2.95. The van der Waals surface area contributed by atoms with Crippen molar-refractivity contribution in [3.8, 4) is 0 Å². The quantitative estimate of drug-likeness (QED) is 0.426. The molecular formula is C9H18O2Si. The van der Waals surface area contributed by atoms with Gasteiger partial charge in [-0.2, -0.15) is 0 Å². The van der Waals surface area contributed by atoms with Gasteiger partial charge in [-0.3, -0.25) is 0 Å². The van der Waals surface area contributed by atoms with E-state index < -0.39 is 0 Å². The summed E-state index contributed by atoms with van der Waals surface area (Å²) in [7, 11) is 0.443. The van der Waals surface area contributed by atoms with E-state index in [9.17, 15) is 0 Å². The first-order valence-corrected chi connectivity index (χ1v) is 5.35. The third-order valence-electron chi connectivity index (χ3n) is 1.32. The van der Waals surface area contributed by atoms with E-state index in [0.717, 1.165) is 19.4 Å². The van der Waals surface area contributed by atoms with Gasteiger partial charge in [0.2, 0.25) is 0 Å². The summed E-state index contributed by atoms with van der Waals surface area (Å²) in [6.45, 7) is 10.3. The van der Waals surface area contributed by atoms with Crippen molar-refractivity contribution < 1.29 is 9.16 Å². The minimum Gasteiger partial charge on any atom is -0.409 e. The molecule has 0 aliphatic heterocycles. The van der Waals surface area contributed by atoms with E-state index >= 15 is 0 Å². The summed E-state index contributed by atoms with van der Waals surface area (Å²) in [5.41, 5.74) is 0. The highest BCUT2D eigenvalue weighted by Gasteiger charge is 1.94. The minimum absolute atomic E-state index is 0.443. The zero-order valence-corrected chi connectivity index (χ0v) is 9.06. The molecule has 0 saturated carbocycles. The lowest BCUT2D eigenvalue weighted by atomic mass is 10.5. The fraction of sp³-hybridized carbons (Fsp3) is 0.778. The SMILES string of the molecule is C=C(CC)[Si]OCCOCCC. The van der Waals surface area contributed by atoms with Crippen molar-refractivity contribution >= 4 is 9.76 Å². The molecule has 0 heterocycles. The molecule has 0 aliphatic carbocycles. The van der Waals surface area contributed by atoms with E-state index in [2.05, 4.69) is 20.4 Å². The summed E-state index contributed by atoms with van der Waals surface area (Å²) in [6.07, 6.45) is 2.08. The van der Waals surface area contributed by atoms with E-state index in [1.165, 1.54) is 5.20 Å². The smallest absolute Gasteiger partial charge is 0.263 e. The lowest BCUT2D eigenvalue weighted by Crippen LogP contribution is -2.09. The molecule has 3 heteroatoms. The van der Waals surface area contributed by atoms with Gasteiger partial charge in [-0.1, -0.05) is 19.0 Å². The number of hydrogen-bond donors (Lipinski definition) is 0. The van der Waals surface area contributed by atoms with Crippen LogP contribution >= 0.6 is 0 Å². The van der Waals surface area contributed by atoms with Crippen molar-refractivity contribution in [3.63, 3.8) is 0 Å².